The fourth-order valence-corrected chi connectivity index (χ4v) is 2.96. The first-order valence-corrected chi connectivity index (χ1v) is 10.5. The molecule has 2 rings (SSSR count). The summed E-state index contributed by atoms with van der Waals surface area (Å²) in [5, 5.41) is 6.37. The molecule has 0 aliphatic heterocycles. The fourth-order valence-electron chi connectivity index (χ4n) is 2.96. The van der Waals surface area contributed by atoms with Crippen LogP contribution in [0.25, 0.3) is 0 Å². The fraction of sp³-hybridized carbons (Fsp3) is 0.458. The van der Waals surface area contributed by atoms with Crippen molar-refractivity contribution in [3.8, 4) is 0 Å². The van der Waals surface area contributed by atoms with E-state index in [1.807, 2.05) is 25.2 Å². The zero-order valence-corrected chi connectivity index (χ0v) is 21.6. The molecule has 0 unspecified atom stereocenters. The molecule has 2 N–H and O–H groups in total. The van der Waals surface area contributed by atoms with Crippen molar-refractivity contribution in [3.05, 3.63) is 65.5 Å². The SMILES string of the molecule is CN=C(NCCc1ccc(C(C)(C)C)cc1)NCC(=O)N(C)CCc1ccccn1.I. The summed E-state index contributed by atoms with van der Waals surface area (Å²) in [4.78, 5) is 22.6. The van der Waals surface area contributed by atoms with Crippen molar-refractivity contribution < 1.29 is 4.79 Å². The lowest BCUT2D eigenvalue weighted by Crippen LogP contribution is -2.44. The van der Waals surface area contributed by atoms with Crippen LogP contribution in [0.3, 0.4) is 0 Å². The van der Waals surface area contributed by atoms with Gasteiger partial charge in [-0.1, -0.05) is 51.1 Å². The molecule has 31 heavy (non-hydrogen) atoms. The van der Waals surface area contributed by atoms with Crippen molar-refractivity contribution in [1.82, 2.24) is 20.5 Å². The lowest BCUT2D eigenvalue weighted by Gasteiger charge is -2.19. The Bertz CT molecular complexity index is 816. The van der Waals surface area contributed by atoms with Crippen LogP contribution >= 0.6 is 24.0 Å². The molecule has 2 aromatic rings. The lowest BCUT2D eigenvalue weighted by atomic mass is 9.86. The Balaban J connectivity index is 0.00000480. The van der Waals surface area contributed by atoms with Crippen LogP contribution in [0.1, 0.15) is 37.6 Å². The molecule has 7 heteroatoms. The summed E-state index contributed by atoms with van der Waals surface area (Å²) in [6.45, 7) is 8.24. The maximum atomic E-state index is 12.4. The van der Waals surface area contributed by atoms with Gasteiger partial charge < -0.3 is 15.5 Å². The van der Waals surface area contributed by atoms with E-state index in [1.54, 1.807) is 18.1 Å². The number of benzene rings is 1. The number of hydrogen-bond donors (Lipinski definition) is 2. The molecule has 0 aliphatic carbocycles. The molecular formula is C24H36IN5O. The first-order valence-electron chi connectivity index (χ1n) is 10.5. The number of rotatable bonds is 8. The summed E-state index contributed by atoms with van der Waals surface area (Å²) in [6.07, 6.45) is 3.40. The van der Waals surface area contributed by atoms with Gasteiger partial charge in [0.05, 0.1) is 6.54 Å². The Labute approximate surface area is 204 Å². The van der Waals surface area contributed by atoms with Crippen molar-refractivity contribution >= 4 is 35.8 Å². The van der Waals surface area contributed by atoms with Crippen LogP contribution in [0.2, 0.25) is 0 Å². The molecule has 1 heterocycles. The molecule has 0 spiro atoms. The van der Waals surface area contributed by atoms with E-state index in [0.717, 1.165) is 25.1 Å². The molecule has 0 saturated heterocycles. The first-order chi connectivity index (χ1) is 14.3. The van der Waals surface area contributed by atoms with E-state index in [-0.39, 0.29) is 41.8 Å². The van der Waals surface area contributed by atoms with Crippen LogP contribution in [-0.2, 0) is 23.1 Å². The maximum Gasteiger partial charge on any atom is 0.241 e. The smallest absolute Gasteiger partial charge is 0.241 e. The summed E-state index contributed by atoms with van der Waals surface area (Å²) in [6, 6.07) is 14.6. The van der Waals surface area contributed by atoms with Gasteiger partial charge in [-0.3, -0.25) is 14.8 Å². The van der Waals surface area contributed by atoms with E-state index in [1.165, 1.54) is 11.1 Å². The van der Waals surface area contributed by atoms with Crippen molar-refractivity contribution in [1.29, 1.82) is 0 Å². The van der Waals surface area contributed by atoms with E-state index in [9.17, 15) is 4.79 Å². The third-order valence-corrected chi connectivity index (χ3v) is 5.01. The second kappa shape index (κ2) is 13.3. The third-order valence-electron chi connectivity index (χ3n) is 5.01. The standard InChI is InChI=1S/C24H35N5O.HI/c1-24(2,3)20-11-9-19(10-12-20)13-16-27-23(25-4)28-18-22(30)29(5)17-14-21-8-6-7-15-26-21;/h6-12,15H,13-14,16-18H2,1-5H3,(H2,25,27,28);1H. The number of carbonyl (C=O) groups excluding carboxylic acids is 1. The Morgan fingerprint density at radius 2 is 1.77 bits per heavy atom. The first kappa shape index (κ1) is 26.9. The van der Waals surface area contributed by atoms with Crippen molar-refractivity contribution in [2.75, 3.05) is 33.7 Å². The van der Waals surface area contributed by atoms with Gasteiger partial charge in [0.15, 0.2) is 5.96 Å². The third kappa shape index (κ3) is 9.67. The maximum absolute atomic E-state index is 12.4. The highest BCUT2D eigenvalue weighted by molar-refractivity contribution is 14.0. The Kier molecular flexibility index (Phi) is 11.5. The second-order valence-corrected chi connectivity index (χ2v) is 8.44. The van der Waals surface area contributed by atoms with Crippen LogP contribution < -0.4 is 10.6 Å². The summed E-state index contributed by atoms with van der Waals surface area (Å²) in [7, 11) is 3.52. The predicted molar refractivity (Wildman–Crippen MR) is 139 cm³/mol. The van der Waals surface area contributed by atoms with Crippen molar-refractivity contribution in [2.45, 2.75) is 39.0 Å². The number of pyridine rings is 1. The minimum atomic E-state index is 0. The molecule has 170 valence electrons. The summed E-state index contributed by atoms with van der Waals surface area (Å²) in [5.74, 6) is 0.652. The van der Waals surface area contributed by atoms with Gasteiger partial charge in [0.1, 0.15) is 0 Å². The largest absolute Gasteiger partial charge is 0.356 e. The molecule has 0 saturated carbocycles. The van der Waals surface area contributed by atoms with Crippen molar-refractivity contribution in [3.63, 3.8) is 0 Å². The highest BCUT2D eigenvalue weighted by Crippen LogP contribution is 2.22. The molecule has 0 atom stereocenters. The number of halogens is 1. The predicted octanol–water partition coefficient (Wildman–Crippen LogP) is 3.41. The van der Waals surface area contributed by atoms with Crippen LogP contribution in [0.4, 0.5) is 0 Å². The normalized spacial score (nSPS) is 11.5. The zero-order chi connectivity index (χ0) is 22.0. The zero-order valence-electron chi connectivity index (χ0n) is 19.3. The van der Waals surface area contributed by atoms with E-state index < -0.39 is 0 Å². The minimum absolute atomic E-state index is 0. The molecule has 1 amide bonds. The van der Waals surface area contributed by atoms with E-state index in [4.69, 9.17) is 0 Å². The number of aliphatic imine (C=N–C) groups is 1. The molecule has 0 aliphatic rings. The number of likely N-dealkylation sites (N-methyl/N-ethyl adjacent to an activating group) is 1. The van der Waals surface area contributed by atoms with Gasteiger partial charge in [-0.05, 0) is 35.1 Å². The minimum Gasteiger partial charge on any atom is -0.356 e. The van der Waals surface area contributed by atoms with Gasteiger partial charge in [-0.25, -0.2) is 0 Å². The van der Waals surface area contributed by atoms with Gasteiger partial charge in [-0.15, -0.1) is 24.0 Å². The van der Waals surface area contributed by atoms with Crippen LogP contribution in [-0.4, -0.2) is 55.5 Å². The molecule has 1 aromatic carbocycles. The molecule has 6 nitrogen and oxygen atoms in total. The quantitative estimate of drug-likeness (QED) is 0.308. The Morgan fingerprint density at radius 1 is 1.06 bits per heavy atom. The van der Waals surface area contributed by atoms with Gasteiger partial charge in [0.2, 0.25) is 5.91 Å². The molecule has 0 radical (unpaired) electrons. The van der Waals surface area contributed by atoms with Gasteiger partial charge in [0.25, 0.3) is 0 Å². The molecule has 1 aromatic heterocycles. The second-order valence-electron chi connectivity index (χ2n) is 8.44. The van der Waals surface area contributed by atoms with Gasteiger partial charge >= 0.3 is 0 Å². The van der Waals surface area contributed by atoms with E-state index >= 15 is 0 Å². The number of nitrogens with one attached hydrogen (secondary N) is 2. The lowest BCUT2D eigenvalue weighted by molar-refractivity contribution is -0.128. The van der Waals surface area contributed by atoms with Gasteiger partial charge in [0, 0.05) is 45.5 Å². The topological polar surface area (TPSA) is 69.6 Å². The molecule has 0 fully saturated rings. The average Bonchev–Trinajstić information content (AvgIpc) is 2.74. The Hall–Kier alpha value is -2.16. The molecule has 0 bridgehead atoms. The number of amides is 1. The monoisotopic (exact) mass is 537 g/mol. The van der Waals surface area contributed by atoms with E-state index in [0.29, 0.717) is 12.5 Å². The van der Waals surface area contributed by atoms with E-state index in [2.05, 4.69) is 65.6 Å². The van der Waals surface area contributed by atoms with Crippen LogP contribution in [0, 0.1) is 0 Å². The number of nitrogens with zero attached hydrogens (tertiary/aromatic N) is 3. The number of aromatic nitrogens is 1. The Morgan fingerprint density at radius 3 is 2.35 bits per heavy atom. The summed E-state index contributed by atoms with van der Waals surface area (Å²) < 4.78 is 0. The molecular weight excluding hydrogens is 501 g/mol. The van der Waals surface area contributed by atoms with Crippen molar-refractivity contribution in [2.24, 2.45) is 4.99 Å². The van der Waals surface area contributed by atoms with Crippen LogP contribution in [0.5, 0.6) is 0 Å². The summed E-state index contributed by atoms with van der Waals surface area (Å²) >= 11 is 0. The average molecular weight is 537 g/mol. The van der Waals surface area contributed by atoms with Gasteiger partial charge in [-0.2, -0.15) is 0 Å². The van der Waals surface area contributed by atoms with Crippen LogP contribution in [0.15, 0.2) is 53.7 Å². The highest BCUT2D eigenvalue weighted by Gasteiger charge is 2.13. The number of guanidine groups is 1. The number of hydrogen-bond acceptors (Lipinski definition) is 3. The number of carbonyl (C=O) groups is 1. The highest BCUT2D eigenvalue weighted by atomic mass is 127. The summed E-state index contributed by atoms with van der Waals surface area (Å²) in [5.41, 5.74) is 3.76.